The third-order valence-electron chi connectivity index (χ3n) is 3.94. The van der Waals surface area contributed by atoms with Crippen LogP contribution >= 0.6 is 0 Å². The first kappa shape index (κ1) is 20.0. The molecule has 0 aromatic heterocycles. The van der Waals surface area contributed by atoms with Crippen LogP contribution in [0.25, 0.3) is 0 Å². The van der Waals surface area contributed by atoms with Crippen molar-refractivity contribution >= 4 is 5.96 Å². The van der Waals surface area contributed by atoms with Gasteiger partial charge in [-0.15, -0.1) is 0 Å². The monoisotopic (exact) mass is 337 g/mol. The van der Waals surface area contributed by atoms with Crippen LogP contribution in [0.15, 0.2) is 4.99 Å². The molecule has 1 aliphatic rings. The molecule has 5 nitrogen and oxygen atoms in total. The van der Waals surface area contributed by atoms with E-state index in [0.717, 1.165) is 32.6 Å². The Bertz CT molecular complexity index is 360. The first-order valence-corrected chi connectivity index (χ1v) is 8.37. The van der Waals surface area contributed by atoms with Crippen LogP contribution in [-0.4, -0.2) is 80.8 Å². The van der Waals surface area contributed by atoms with E-state index in [-0.39, 0.29) is 0 Å². The summed E-state index contributed by atoms with van der Waals surface area (Å²) in [7, 11) is 1.47. The number of hydrogen-bond donors (Lipinski definition) is 2. The predicted octanol–water partition coefficient (Wildman–Crippen LogP) is 1.52. The van der Waals surface area contributed by atoms with Crippen molar-refractivity contribution in [3.8, 4) is 0 Å². The molecule has 8 heteroatoms. The van der Waals surface area contributed by atoms with Gasteiger partial charge in [0.1, 0.15) is 0 Å². The van der Waals surface area contributed by atoms with Crippen molar-refractivity contribution in [3.05, 3.63) is 0 Å². The normalized spacial score (nSPS) is 20.3. The molecule has 136 valence electrons. The molecular formula is C15H30F3N5. The van der Waals surface area contributed by atoms with E-state index in [4.69, 9.17) is 0 Å². The third-order valence-corrected chi connectivity index (χ3v) is 3.94. The molecule has 23 heavy (non-hydrogen) atoms. The topological polar surface area (TPSA) is 42.9 Å². The molecule has 1 atom stereocenters. The van der Waals surface area contributed by atoms with Gasteiger partial charge in [0.05, 0.1) is 13.1 Å². The van der Waals surface area contributed by atoms with Gasteiger partial charge in [0.2, 0.25) is 0 Å². The molecule has 0 radical (unpaired) electrons. The van der Waals surface area contributed by atoms with Gasteiger partial charge in [-0.3, -0.25) is 14.8 Å². The summed E-state index contributed by atoms with van der Waals surface area (Å²) in [5, 5.41) is 6.25. The second-order valence-corrected chi connectivity index (χ2v) is 5.92. The van der Waals surface area contributed by atoms with E-state index in [9.17, 15) is 13.2 Å². The Kier molecular flexibility index (Phi) is 8.68. The van der Waals surface area contributed by atoms with Gasteiger partial charge in [-0.1, -0.05) is 6.92 Å². The molecule has 1 saturated heterocycles. The summed E-state index contributed by atoms with van der Waals surface area (Å²) in [6.45, 7) is 7.59. The first-order chi connectivity index (χ1) is 10.9. The fourth-order valence-corrected chi connectivity index (χ4v) is 2.81. The van der Waals surface area contributed by atoms with Crippen LogP contribution < -0.4 is 10.6 Å². The summed E-state index contributed by atoms with van der Waals surface area (Å²) < 4.78 is 36.8. The maximum absolute atomic E-state index is 12.3. The Morgan fingerprint density at radius 2 is 2.04 bits per heavy atom. The molecule has 1 fully saturated rings. The smallest absolute Gasteiger partial charge is 0.357 e. The number of aliphatic imine (C=N–C) groups is 1. The standard InChI is InChI=1S/C15H30F3N5/c1-4-19-14(20-8-10-22(3)12-15(16,17)18)21-11-13-7-6-9-23(13)5-2/h13H,4-12H2,1-3H3,(H2,19,20,21). The second kappa shape index (κ2) is 9.97. The van der Waals surface area contributed by atoms with Crippen molar-refractivity contribution in [2.24, 2.45) is 4.99 Å². The van der Waals surface area contributed by atoms with Gasteiger partial charge >= 0.3 is 6.18 Å². The number of likely N-dealkylation sites (tertiary alicyclic amines) is 1. The zero-order valence-corrected chi connectivity index (χ0v) is 14.4. The number of hydrogen-bond acceptors (Lipinski definition) is 3. The number of nitrogens with one attached hydrogen (secondary N) is 2. The van der Waals surface area contributed by atoms with E-state index < -0.39 is 12.7 Å². The minimum atomic E-state index is -4.15. The average Bonchev–Trinajstić information content (AvgIpc) is 2.90. The van der Waals surface area contributed by atoms with Crippen LogP contribution in [0.1, 0.15) is 26.7 Å². The van der Waals surface area contributed by atoms with Crippen molar-refractivity contribution in [1.82, 2.24) is 20.4 Å². The second-order valence-electron chi connectivity index (χ2n) is 5.92. The lowest BCUT2D eigenvalue weighted by Gasteiger charge is -2.22. The Hall–Kier alpha value is -1.02. The van der Waals surface area contributed by atoms with Gasteiger partial charge in [-0.25, -0.2) is 0 Å². The highest BCUT2D eigenvalue weighted by molar-refractivity contribution is 5.79. The molecule has 0 bridgehead atoms. The highest BCUT2D eigenvalue weighted by Crippen LogP contribution is 2.16. The van der Waals surface area contributed by atoms with Crippen molar-refractivity contribution in [2.45, 2.75) is 38.9 Å². The van der Waals surface area contributed by atoms with Gasteiger partial charge in [0.15, 0.2) is 5.96 Å². The number of halogens is 3. The molecular weight excluding hydrogens is 307 g/mol. The van der Waals surface area contributed by atoms with Gasteiger partial charge in [-0.05, 0) is 39.9 Å². The third kappa shape index (κ3) is 8.41. The van der Waals surface area contributed by atoms with Crippen LogP contribution in [0.3, 0.4) is 0 Å². The molecule has 0 aromatic carbocycles. The number of nitrogens with zero attached hydrogens (tertiary/aromatic N) is 3. The molecule has 2 N–H and O–H groups in total. The zero-order valence-electron chi connectivity index (χ0n) is 14.4. The molecule has 0 spiro atoms. The fourth-order valence-electron chi connectivity index (χ4n) is 2.81. The lowest BCUT2D eigenvalue weighted by atomic mass is 10.2. The summed E-state index contributed by atoms with van der Waals surface area (Å²) in [6.07, 6.45) is -1.79. The van der Waals surface area contributed by atoms with Crippen molar-refractivity contribution in [1.29, 1.82) is 0 Å². The predicted molar refractivity (Wildman–Crippen MR) is 87.8 cm³/mol. The lowest BCUT2D eigenvalue weighted by Crippen LogP contribution is -2.43. The molecule has 1 rings (SSSR count). The van der Waals surface area contributed by atoms with E-state index in [1.165, 1.54) is 18.4 Å². The fraction of sp³-hybridized carbons (Fsp3) is 0.933. The van der Waals surface area contributed by atoms with Crippen LogP contribution in [0.2, 0.25) is 0 Å². The molecule has 0 aromatic rings. The Morgan fingerprint density at radius 1 is 1.30 bits per heavy atom. The first-order valence-electron chi connectivity index (χ1n) is 8.37. The minimum Gasteiger partial charge on any atom is -0.357 e. The van der Waals surface area contributed by atoms with Gasteiger partial charge < -0.3 is 10.6 Å². The summed E-state index contributed by atoms with van der Waals surface area (Å²) in [5.41, 5.74) is 0. The Balaban J connectivity index is 2.37. The molecule has 0 amide bonds. The van der Waals surface area contributed by atoms with E-state index in [2.05, 4.69) is 27.4 Å². The highest BCUT2D eigenvalue weighted by atomic mass is 19.4. The number of alkyl halides is 3. The summed E-state index contributed by atoms with van der Waals surface area (Å²) >= 11 is 0. The Labute approximate surface area is 137 Å². The van der Waals surface area contributed by atoms with E-state index in [0.29, 0.717) is 25.1 Å². The van der Waals surface area contributed by atoms with E-state index >= 15 is 0 Å². The Morgan fingerprint density at radius 3 is 2.65 bits per heavy atom. The molecule has 0 aliphatic carbocycles. The van der Waals surface area contributed by atoms with E-state index in [1.807, 2.05) is 6.92 Å². The highest BCUT2D eigenvalue weighted by Gasteiger charge is 2.28. The van der Waals surface area contributed by atoms with E-state index in [1.54, 1.807) is 0 Å². The van der Waals surface area contributed by atoms with Crippen molar-refractivity contribution in [3.63, 3.8) is 0 Å². The van der Waals surface area contributed by atoms with Gasteiger partial charge in [0.25, 0.3) is 0 Å². The lowest BCUT2D eigenvalue weighted by molar-refractivity contribution is -0.142. The SMILES string of the molecule is CCNC(=NCC1CCCN1CC)NCCN(C)CC(F)(F)F. The average molecular weight is 337 g/mol. The molecule has 1 unspecified atom stereocenters. The van der Waals surface area contributed by atoms with Crippen LogP contribution in [-0.2, 0) is 0 Å². The van der Waals surface area contributed by atoms with Crippen LogP contribution in [0, 0.1) is 0 Å². The van der Waals surface area contributed by atoms with Gasteiger partial charge in [0, 0.05) is 25.7 Å². The largest absolute Gasteiger partial charge is 0.401 e. The maximum atomic E-state index is 12.3. The molecule has 0 saturated carbocycles. The van der Waals surface area contributed by atoms with Crippen molar-refractivity contribution < 1.29 is 13.2 Å². The minimum absolute atomic E-state index is 0.314. The number of guanidine groups is 1. The molecule has 1 aliphatic heterocycles. The van der Waals surface area contributed by atoms with Crippen molar-refractivity contribution in [2.75, 3.05) is 52.9 Å². The number of likely N-dealkylation sites (N-methyl/N-ethyl adjacent to an activating group) is 2. The quantitative estimate of drug-likeness (QED) is 0.521. The maximum Gasteiger partial charge on any atom is 0.401 e. The van der Waals surface area contributed by atoms with Gasteiger partial charge in [-0.2, -0.15) is 13.2 Å². The summed E-state index contributed by atoms with van der Waals surface area (Å²) in [5.74, 6) is 0.677. The molecule has 1 heterocycles. The zero-order chi connectivity index (χ0) is 17.3. The summed E-state index contributed by atoms with van der Waals surface area (Å²) in [6, 6.07) is 0.475. The van der Waals surface area contributed by atoms with Crippen LogP contribution in [0.5, 0.6) is 0 Å². The van der Waals surface area contributed by atoms with Crippen LogP contribution in [0.4, 0.5) is 13.2 Å². The number of rotatable bonds is 8. The summed E-state index contributed by atoms with van der Waals surface area (Å²) in [4.78, 5) is 8.25.